The van der Waals surface area contributed by atoms with Crippen molar-refractivity contribution in [2.24, 2.45) is 0 Å². The van der Waals surface area contributed by atoms with E-state index in [1.165, 1.54) is 11.5 Å². The van der Waals surface area contributed by atoms with Crippen LogP contribution in [0.5, 0.6) is 0 Å². The molecule has 0 amide bonds. The molecule has 0 saturated carbocycles. The summed E-state index contributed by atoms with van der Waals surface area (Å²) in [7, 11) is 0. The Balaban J connectivity index is 0.00000218. The van der Waals surface area contributed by atoms with Gasteiger partial charge in [-0.2, -0.15) is 11.2 Å². The van der Waals surface area contributed by atoms with E-state index in [0.717, 1.165) is 34.0 Å². The van der Waals surface area contributed by atoms with Crippen LogP contribution in [0.25, 0.3) is 16.9 Å². The molecule has 4 nitrogen and oxygen atoms in total. The summed E-state index contributed by atoms with van der Waals surface area (Å²) >= 11 is 1.44. The minimum absolute atomic E-state index is 0. The van der Waals surface area contributed by atoms with E-state index in [1.807, 2.05) is 76.9 Å². The molecule has 5 aromatic rings. The van der Waals surface area contributed by atoms with E-state index in [2.05, 4.69) is 44.7 Å². The van der Waals surface area contributed by atoms with Gasteiger partial charge in [0.2, 0.25) is 0 Å². The van der Waals surface area contributed by atoms with Gasteiger partial charge < -0.3 is 4.90 Å². The van der Waals surface area contributed by atoms with Crippen LogP contribution in [0.15, 0.2) is 96.6 Å². The summed E-state index contributed by atoms with van der Waals surface area (Å²) in [5.74, 6) is 0. The van der Waals surface area contributed by atoms with Gasteiger partial charge in [-0.05, 0) is 29.6 Å². The number of aromatic nitrogens is 3. The Bertz CT molecular complexity index is 1130. The molecule has 0 atom stereocenters. The molecular weight excluding hydrogens is 571 g/mol. The molecule has 3 aromatic carbocycles. The monoisotopic (exact) mass is 587 g/mol. The standard InChI is InChI=1S/C24H16N4S.Pt/c1-2-8-20(9-3-1)28(22-11-4-7-19(17-22)24-13-16-29-26-24)23-12-5-10-21(18-23)27-15-6-14-25-27;/h1-16H;/q-2;+2. The third kappa shape index (κ3) is 4.13. The van der Waals surface area contributed by atoms with Crippen molar-refractivity contribution in [1.82, 2.24) is 14.2 Å². The molecule has 0 aliphatic carbocycles. The van der Waals surface area contributed by atoms with Gasteiger partial charge in [-0.1, -0.05) is 41.5 Å². The average molecular weight is 588 g/mol. The summed E-state index contributed by atoms with van der Waals surface area (Å²) in [6, 6.07) is 33.4. The Kier molecular flexibility index (Phi) is 6.22. The van der Waals surface area contributed by atoms with Crippen LogP contribution < -0.4 is 4.90 Å². The SMILES string of the molecule is [Pt+2].[c-]1c(-c2ccsn2)cccc1N(c1[c-]c(-n2cccn2)ccc1)c1ccccc1. The predicted molar refractivity (Wildman–Crippen MR) is 117 cm³/mol. The summed E-state index contributed by atoms with van der Waals surface area (Å²) in [6.45, 7) is 0. The zero-order chi connectivity index (χ0) is 19.5. The first kappa shape index (κ1) is 20.3. The number of para-hydroxylation sites is 1. The Hall–Kier alpha value is -3.01. The van der Waals surface area contributed by atoms with Crippen LogP contribution >= 0.6 is 11.5 Å². The molecule has 30 heavy (non-hydrogen) atoms. The van der Waals surface area contributed by atoms with Crippen molar-refractivity contribution in [3.63, 3.8) is 0 Å². The minimum atomic E-state index is 0. The number of hydrogen-bond donors (Lipinski definition) is 0. The van der Waals surface area contributed by atoms with Crippen LogP contribution in [0, 0.1) is 12.1 Å². The van der Waals surface area contributed by atoms with Crippen LogP contribution in [0.3, 0.4) is 0 Å². The van der Waals surface area contributed by atoms with Gasteiger partial charge in [0, 0.05) is 29.2 Å². The van der Waals surface area contributed by atoms with Crippen molar-refractivity contribution in [2.75, 3.05) is 4.90 Å². The summed E-state index contributed by atoms with van der Waals surface area (Å²) < 4.78 is 6.26. The van der Waals surface area contributed by atoms with Crippen LogP contribution in [0.4, 0.5) is 17.1 Å². The van der Waals surface area contributed by atoms with Gasteiger partial charge in [0.25, 0.3) is 0 Å². The Morgan fingerprint density at radius 1 is 0.800 bits per heavy atom. The maximum Gasteiger partial charge on any atom is 2.00 e. The normalized spacial score (nSPS) is 10.4. The smallest absolute Gasteiger partial charge is 0.352 e. The molecule has 5 rings (SSSR count). The van der Waals surface area contributed by atoms with Gasteiger partial charge in [-0.3, -0.25) is 4.68 Å². The first-order chi connectivity index (χ1) is 14.4. The second kappa shape index (κ2) is 9.20. The fourth-order valence-corrected chi connectivity index (χ4v) is 3.72. The Morgan fingerprint density at radius 2 is 1.60 bits per heavy atom. The van der Waals surface area contributed by atoms with Gasteiger partial charge in [0.1, 0.15) is 0 Å². The second-order valence-electron chi connectivity index (χ2n) is 6.38. The molecule has 0 saturated heterocycles. The summed E-state index contributed by atoms with van der Waals surface area (Å²) in [6.07, 6.45) is 3.68. The third-order valence-corrected chi connectivity index (χ3v) is 5.07. The van der Waals surface area contributed by atoms with E-state index < -0.39 is 0 Å². The molecule has 6 heteroatoms. The van der Waals surface area contributed by atoms with Crippen molar-refractivity contribution in [3.05, 3.63) is 109 Å². The number of anilines is 3. The first-order valence-corrected chi connectivity index (χ1v) is 10.0. The molecule has 148 valence electrons. The molecule has 2 heterocycles. The zero-order valence-corrected chi connectivity index (χ0v) is 18.8. The molecule has 0 N–H and O–H groups in total. The molecule has 0 aliphatic heterocycles. The molecular formula is C24H16N4PtS. The van der Waals surface area contributed by atoms with E-state index in [1.54, 1.807) is 6.20 Å². The maximum absolute atomic E-state index is 4.45. The van der Waals surface area contributed by atoms with E-state index in [9.17, 15) is 0 Å². The molecule has 2 aromatic heterocycles. The van der Waals surface area contributed by atoms with Crippen LogP contribution in [0.1, 0.15) is 0 Å². The minimum Gasteiger partial charge on any atom is -0.352 e. The van der Waals surface area contributed by atoms with Crippen LogP contribution in [-0.2, 0) is 21.1 Å². The van der Waals surface area contributed by atoms with Crippen molar-refractivity contribution >= 4 is 28.6 Å². The van der Waals surface area contributed by atoms with E-state index in [-0.39, 0.29) is 21.1 Å². The quantitative estimate of drug-likeness (QED) is 0.235. The number of nitrogens with zero attached hydrogens (tertiary/aromatic N) is 4. The number of rotatable bonds is 5. The second-order valence-corrected chi connectivity index (χ2v) is 7.04. The Morgan fingerprint density at radius 3 is 2.33 bits per heavy atom. The summed E-state index contributed by atoms with van der Waals surface area (Å²) in [4.78, 5) is 2.14. The van der Waals surface area contributed by atoms with Crippen LogP contribution in [0.2, 0.25) is 0 Å². The predicted octanol–water partition coefficient (Wildman–Crippen LogP) is 6.06. The van der Waals surface area contributed by atoms with Crippen molar-refractivity contribution in [3.8, 4) is 16.9 Å². The van der Waals surface area contributed by atoms with E-state index >= 15 is 0 Å². The number of hydrogen-bond acceptors (Lipinski definition) is 4. The fourth-order valence-electron chi connectivity index (χ4n) is 3.19. The molecule has 0 fully saturated rings. The molecule has 0 radical (unpaired) electrons. The van der Waals surface area contributed by atoms with Crippen molar-refractivity contribution < 1.29 is 21.1 Å². The van der Waals surface area contributed by atoms with Gasteiger partial charge >= 0.3 is 21.1 Å². The van der Waals surface area contributed by atoms with Gasteiger partial charge in [-0.25, -0.2) is 4.37 Å². The van der Waals surface area contributed by atoms with Gasteiger partial charge in [0.05, 0.1) is 0 Å². The molecule has 0 unspecified atom stereocenters. The topological polar surface area (TPSA) is 34.0 Å². The summed E-state index contributed by atoms with van der Waals surface area (Å²) in [5, 5.41) is 6.31. The first-order valence-electron chi connectivity index (χ1n) is 9.19. The third-order valence-electron chi connectivity index (χ3n) is 4.51. The zero-order valence-electron chi connectivity index (χ0n) is 15.8. The van der Waals surface area contributed by atoms with Crippen LogP contribution in [-0.4, -0.2) is 14.2 Å². The van der Waals surface area contributed by atoms with Gasteiger partial charge in [-0.15, -0.1) is 48.0 Å². The Labute approximate surface area is 193 Å². The number of benzene rings is 3. The molecule has 0 bridgehead atoms. The maximum atomic E-state index is 4.45. The fraction of sp³-hybridized carbons (Fsp3) is 0. The summed E-state index contributed by atoms with van der Waals surface area (Å²) in [5.41, 5.74) is 5.65. The van der Waals surface area contributed by atoms with Crippen molar-refractivity contribution in [1.29, 1.82) is 0 Å². The molecule has 0 spiro atoms. The van der Waals surface area contributed by atoms with Gasteiger partial charge in [0.15, 0.2) is 0 Å². The van der Waals surface area contributed by atoms with E-state index in [4.69, 9.17) is 0 Å². The van der Waals surface area contributed by atoms with Crippen molar-refractivity contribution in [2.45, 2.75) is 0 Å². The van der Waals surface area contributed by atoms with E-state index in [0.29, 0.717) is 0 Å². The average Bonchev–Trinajstić information content (AvgIpc) is 3.50. The molecule has 0 aliphatic rings. The largest absolute Gasteiger partial charge is 2.00 e.